The van der Waals surface area contributed by atoms with E-state index < -0.39 is 158 Å². The van der Waals surface area contributed by atoms with Crippen LogP contribution in [0.5, 0.6) is 0 Å². The third kappa shape index (κ3) is 9.41. The molecule has 0 unspecified atom stereocenters. The Bertz CT molecular complexity index is 2100. The molecule has 0 aromatic carbocycles. The molecule has 9 aliphatic rings. The Kier molecular flexibility index (Phi) is 16.1. The van der Waals surface area contributed by atoms with E-state index in [-0.39, 0.29) is 40.8 Å². The van der Waals surface area contributed by atoms with Crippen molar-refractivity contribution in [1.82, 2.24) is 0 Å². The molecule has 75 heavy (non-hydrogen) atoms. The standard InChI is InChI=1S/C53H84O22/c1-23-32(57)35(60)39(64)45(70-23)74-42-27(19-54)71-43(41(66)37(42)62)69-21-28-34(59)36(61)40(65)46(72-28)75-47(67)53-16-14-49(4,22-55)18-25(53)24-8-9-30-50(5)12-11-31(73-44-38(63)33(58)26(56)20-68-44)48(2,3)29(50)10-13-52(30,7)51(24,6)15-17-53/h8,22-23,25-46,54,56-66H,9-21H2,1-7H3/t23-,25-,26-,27+,28+,29-,30+,31-,32-,33-,34+,35+,36-,37+,38+,39+,40+,41+,42+,43+,44-,45-,46-,49+,50-,51+,52+,53-/m0/s1. The molecule has 28 atom stereocenters. The molecule has 12 N–H and O–H groups in total. The van der Waals surface area contributed by atoms with E-state index in [1.807, 2.05) is 6.92 Å². The largest absolute Gasteiger partial charge is 0.432 e. The molecule has 0 radical (unpaired) electrons. The van der Waals surface area contributed by atoms with Crippen LogP contribution < -0.4 is 0 Å². The fraction of sp³-hybridized carbons (Fsp3) is 0.925. The maximum absolute atomic E-state index is 15.1. The topological polar surface area (TPSA) is 351 Å². The van der Waals surface area contributed by atoms with Crippen molar-refractivity contribution in [1.29, 1.82) is 0 Å². The van der Waals surface area contributed by atoms with E-state index in [0.717, 1.165) is 37.5 Å². The van der Waals surface area contributed by atoms with Crippen LogP contribution in [0.1, 0.15) is 113 Å². The van der Waals surface area contributed by atoms with Gasteiger partial charge in [-0.05, 0) is 111 Å². The van der Waals surface area contributed by atoms with Crippen LogP contribution in [0, 0.1) is 50.2 Å². The predicted octanol–water partition coefficient (Wildman–Crippen LogP) is -1.19. The second kappa shape index (κ2) is 20.9. The van der Waals surface area contributed by atoms with Crippen LogP contribution in [-0.4, -0.2) is 216 Å². The minimum absolute atomic E-state index is 0.135. The van der Waals surface area contributed by atoms with E-state index in [1.165, 1.54) is 6.92 Å². The summed E-state index contributed by atoms with van der Waals surface area (Å²) in [6, 6.07) is 0. The maximum atomic E-state index is 15.1. The Balaban J connectivity index is 0.901. The number of aliphatic hydroxyl groups excluding tert-OH is 12. The quantitative estimate of drug-likeness (QED) is 0.0501. The molecule has 22 heteroatoms. The zero-order chi connectivity index (χ0) is 54.7. The lowest BCUT2D eigenvalue weighted by atomic mass is 9.33. The molecule has 22 nitrogen and oxygen atoms in total. The zero-order valence-corrected chi connectivity index (χ0v) is 44.1. The van der Waals surface area contributed by atoms with Gasteiger partial charge in [0.25, 0.3) is 0 Å². The summed E-state index contributed by atoms with van der Waals surface area (Å²) in [5.41, 5.74) is -1.90. The van der Waals surface area contributed by atoms with Gasteiger partial charge in [0.15, 0.2) is 18.9 Å². The van der Waals surface area contributed by atoms with Gasteiger partial charge < -0.3 is 104 Å². The van der Waals surface area contributed by atoms with Gasteiger partial charge in [0.1, 0.15) is 91.7 Å². The number of aldehydes is 1. The summed E-state index contributed by atoms with van der Waals surface area (Å²) < 4.78 is 46.9. The number of carbonyl (C=O) groups is 2. The van der Waals surface area contributed by atoms with Crippen molar-refractivity contribution in [2.24, 2.45) is 50.2 Å². The number of rotatable bonds is 11. The van der Waals surface area contributed by atoms with Gasteiger partial charge in [-0.2, -0.15) is 0 Å². The highest BCUT2D eigenvalue weighted by Gasteiger charge is 2.70. The Labute approximate surface area is 437 Å². The van der Waals surface area contributed by atoms with Crippen LogP contribution in [-0.2, 0) is 47.5 Å². The molecular weight excluding hydrogens is 989 g/mol. The number of carbonyl (C=O) groups excluding carboxylic acids is 2. The van der Waals surface area contributed by atoms with Gasteiger partial charge in [-0.15, -0.1) is 0 Å². The van der Waals surface area contributed by atoms with Crippen LogP contribution in [0.2, 0.25) is 0 Å². The van der Waals surface area contributed by atoms with Crippen LogP contribution in [0.3, 0.4) is 0 Å². The number of allylic oxidation sites excluding steroid dienone is 2. The van der Waals surface area contributed by atoms with E-state index in [0.29, 0.717) is 38.5 Å². The van der Waals surface area contributed by atoms with Gasteiger partial charge >= 0.3 is 5.97 Å². The minimum Gasteiger partial charge on any atom is -0.432 e. The monoisotopic (exact) mass is 1070 g/mol. The lowest BCUT2D eigenvalue weighted by Gasteiger charge is -2.71. The van der Waals surface area contributed by atoms with Crippen molar-refractivity contribution in [3.05, 3.63) is 11.6 Å². The van der Waals surface area contributed by atoms with E-state index in [1.54, 1.807) is 0 Å². The van der Waals surface area contributed by atoms with Gasteiger partial charge in [0.05, 0.1) is 37.4 Å². The fourth-order valence-electron chi connectivity index (χ4n) is 16.1. The average Bonchev–Trinajstić information content (AvgIpc) is 3.37. The molecule has 4 aliphatic heterocycles. The number of hydrogen-bond acceptors (Lipinski definition) is 22. The number of ether oxygens (including phenoxy) is 8. The van der Waals surface area contributed by atoms with Gasteiger partial charge in [0.2, 0.25) is 6.29 Å². The normalized spacial score (nSPS) is 54.8. The third-order valence-corrected chi connectivity index (χ3v) is 21.1. The highest BCUT2D eigenvalue weighted by atomic mass is 16.8. The lowest BCUT2D eigenvalue weighted by molar-refractivity contribution is -0.361. The van der Waals surface area contributed by atoms with E-state index in [4.69, 9.17) is 37.9 Å². The summed E-state index contributed by atoms with van der Waals surface area (Å²) in [7, 11) is 0. The SMILES string of the molecule is C[C@@H]1O[C@@H](O[C@H]2[C@H](O)[C@@H](O)[C@H](OC[C@H]3O[C@@H](OC(=O)[C@]45CC[C@@](C)(C=O)C[C@H]4C4=CC[C@@H]6[C@@]7(C)CC[C@H](O[C@@H]8OC[C@H](O)[C@H](O)[C@H]8O)C(C)(C)[C@@H]7CC[C@@]6(C)[C@]4(C)CC5)[C@H](O)[C@@H](O)[C@@H]3O)O[C@@H]2CO)[C@H](O)[C@H](O)[C@H]1O. The first kappa shape index (κ1) is 57.8. The van der Waals surface area contributed by atoms with Crippen LogP contribution in [0.4, 0.5) is 0 Å². The van der Waals surface area contributed by atoms with Crippen LogP contribution in [0.15, 0.2) is 11.6 Å². The van der Waals surface area contributed by atoms with Crippen LogP contribution in [0.25, 0.3) is 0 Å². The first-order chi connectivity index (χ1) is 35.1. The summed E-state index contributed by atoms with van der Waals surface area (Å²) >= 11 is 0. The average molecular weight is 1070 g/mol. The molecule has 428 valence electrons. The fourth-order valence-corrected chi connectivity index (χ4v) is 16.1. The summed E-state index contributed by atoms with van der Waals surface area (Å²) in [4.78, 5) is 28.0. The van der Waals surface area contributed by atoms with Crippen LogP contribution >= 0.6 is 0 Å². The molecule has 4 saturated carbocycles. The zero-order valence-electron chi connectivity index (χ0n) is 44.1. The predicted molar refractivity (Wildman–Crippen MR) is 256 cm³/mol. The first-order valence-electron chi connectivity index (χ1n) is 27.1. The molecule has 4 heterocycles. The van der Waals surface area contributed by atoms with E-state index >= 15 is 4.79 Å². The smallest absolute Gasteiger partial charge is 0.315 e. The summed E-state index contributed by atoms with van der Waals surface area (Å²) in [6.45, 7) is 13.3. The molecule has 0 bridgehead atoms. The maximum Gasteiger partial charge on any atom is 0.315 e. The first-order valence-corrected chi connectivity index (χ1v) is 27.1. The van der Waals surface area contributed by atoms with Crippen molar-refractivity contribution in [3.63, 3.8) is 0 Å². The minimum atomic E-state index is -1.91. The van der Waals surface area contributed by atoms with Crippen molar-refractivity contribution in [3.8, 4) is 0 Å². The number of aliphatic hydroxyl groups is 12. The number of esters is 1. The van der Waals surface area contributed by atoms with Gasteiger partial charge in [-0.25, -0.2) is 0 Å². The Morgan fingerprint density at radius 3 is 2.00 bits per heavy atom. The third-order valence-electron chi connectivity index (χ3n) is 21.1. The molecular formula is C53H84O22. The Morgan fingerprint density at radius 1 is 0.667 bits per heavy atom. The highest BCUT2D eigenvalue weighted by Crippen LogP contribution is 2.76. The molecule has 9 rings (SSSR count). The molecule has 8 fully saturated rings. The summed E-state index contributed by atoms with van der Waals surface area (Å²) in [5.74, 6) is -0.655. The summed E-state index contributed by atoms with van der Waals surface area (Å²) in [6.07, 6.45) is -20.7. The molecule has 5 aliphatic carbocycles. The second-order valence-corrected chi connectivity index (χ2v) is 25.5. The molecule has 4 saturated heterocycles. The molecule has 0 spiro atoms. The van der Waals surface area contributed by atoms with Gasteiger partial charge in [-0.1, -0.05) is 53.2 Å². The van der Waals surface area contributed by atoms with Gasteiger partial charge in [0, 0.05) is 5.41 Å². The molecule has 0 aromatic heterocycles. The number of fused-ring (bicyclic) bond motifs is 7. The van der Waals surface area contributed by atoms with Crippen molar-refractivity contribution >= 4 is 12.3 Å². The van der Waals surface area contributed by atoms with Gasteiger partial charge in [-0.3, -0.25) is 4.79 Å². The molecule has 0 amide bonds. The Morgan fingerprint density at radius 2 is 1.31 bits per heavy atom. The Hall–Kier alpha value is -1.88. The van der Waals surface area contributed by atoms with E-state index in [9.17, 15) is 66.1 Å². The van der Waals surface area contributed by atoms with E-state index in [2.05, 4.69) is 40.7 Å². The highest BCUT2D eigenvalue weighted by molar-refractivity contribution is 5.79. The number of hydrogen-bond donors (Lipinski definition) is 12. The lowest BCUT2D eigenvalue weighted by Crippen LogP contribution is -2.66. The van der Waals surface area contributed by atoms with Crippen molar-refractivity contribution < 1.29 is 109 Å². The summed E-state index contributed by atoms with van der Waals surface area (Å²) in [5, 5.41) is 128. The second-order valence-electron chi connectivity index (χ2n) is 25.5. The van der Waals surface area contributed by atoms with Crippen molar-refractivity contribution in [2.45, 2.75) is 235 Å². The van der Waals surface area contributed by atoms with Crippen molar-refractivity contribution in [2.75, 3.05) is 19.8 Å². The molecule has 0 aromatic rings.